The predicted molar refractivity (Wildman–Crippen MR) is 58.8 cm³/mol. The van der Waals surface area contributed by atoms with Crippen LogP contribution >= 0.6 is 12.4 Å². The Morgan fingerprint density at radius 1 is 1.08 bits per heavy atom. The zero-order valence-corrected chi connectivity index (χ0v) is 8.46. The molecule has 0 spiro atoms. The maximum absolute atomic E-state index is 5.43. The van der Waals surface area contributed by atoms with Gasteiger partial charge < -0.3 is 11.5 Å². The molecule has 1 rings (SSSR count). The van der Waals surface area contributed by atoms with Crippen LogP contribution in [0.5, 0.6) is 0 Å². The molecular formula is C10H17ClN2. The largest absolute Gasteiger partial charge is 0.316 e. The second-order valence-corrected chi connectivity index (χ2v) is 3.04. The van der Waals surface area contributed by atoms with Gasteiger partial charge in [-0.1, -0.05) is 30.3 Å². The molecule has 0 heterocycles. The third-order valence-electron chi connectivity index (χ3n) is 1.85. The lowest BCUT2D eigenvalue weighted by Gasteiger charge is -2.04. The molecule has 2 nitrogen and oxygen atoms in total. The Labute approximate surface area is 85.7 Å². The Morgan fingerprint density at radius 2 is 1.69 bits per heavy atom. The number of hydrogen-bond donors (Lipinski definition) is 2. The molecule has 0 aromatic heterocycles. The highest BCUT2D eigenvalue weighted by Crippen LogP contribution is 2.04. The second-order valence-electron chi connectivity index (χ2n) is 3.04. The number of hydrogen-bond acceptors (Lipinski definition) is 2. The van der Waals surface area contributed by atoms with Gasteiger partial charge in [-0.3, -0.25) is 0 Å². The summed E-state index contributed by atoms with van der Waals surface area (Å²) >= 11 is 0. The number of aryl methyl sites for hydroxylation is 1. The highest BCUT2D eigenvalue weighted by Gasteiger charge is 1.95. The Kier molecular flexibility index (Phi) is 6.59. The van der Waals surface area contributed by atoms with Crippen LogP contribution in [0, 0.1) is 0 Å². The molecule has 0 aliphatic rings. The van der Waals surface area contributed by atoms with E-state index >= 15 is 0 Å². The first kappa shape index (κ1) is 12.4. The first-order valence-corrected chi connectivity index (χ1v) is 4.34. The predicted octanol–water partition coefficient (Wildman–Crippen LogP) is 1.67. The molecule has 4 N–H and O–H groups in total. The molecule has 0 atom stereocenters. The van der Waals surface area contributed by atoms with Crippen molar-refractivity contribution in [2.75, 3.05) is 0 Å². The van der Waals surface area contributed by atoms with E-state index in [2.05, 4.69) is 24.3 Å². The van der Waals surface area contributed by atoms with E-state index in [-0.39, 0.29) is 18.6 Å². The second kappa shape index (κ2) is 6.89. The first-order valence-electron chi connectivity index (χ1n) is 4.34. The van der Waals surface area contributed by atoms with Crippen LogP contribution in [0.2, 0.25) is 0 Å². The molecule has 3 heteroatoms. The topological polar surface area (TPSA) is 52.0 Å². The molecular weight excluding hydrogens is 184 g/mol. The van der Waals surface area contributed by atoms with Gasteiger partial charge in [-0.05, 0) is 24.8 Å². The molecule has 0 radical (unpaired) electrons. The summed E-state index contributed by atoms with van der Waals surface area (Å²) in [5.74, 6) is 0. The van der Waals surface area contributed by atoms with Gasteiger partial charge in [-0.15, -0.1) is 12.4 Å². The summed E-state index contributed by atoms with van der Waals surface area (Å²) in [6.45, 7) is 0. The summed E-state index contributed by atoms with van der Waals surface area (Å²) in [5, 5.41) is 0. The Hall–Kier alpha value is -0.570. The minimum absolute atomic E-state index is 0. The van der Waals surface area contributed by atoms with Gasteiger partial charge in [-0.25, -0.2) is 0 Å². The molecule has 1 aromatic rings. The third kappa shape index (κ3) is 5.64. The van der Waals surface area contributed by atoms with Gasteiger partial charge >= 0.3 is 0 Å². The summed E-state index contributed by atoms with van der Waals surface area (Å²) in [7, 11) is 0. The molecule has 0 aliphatic heterocycles. The molecule has 0 saturated carbocycles. The van der Waals surface area contributed by atoms with Gasteiger partial charge in [0.15, 0.2) is 0 Å². The van der Waals surface area contributed by atoms with Crippen LogP contribution in [-0.2, 0) is 6.42 Å². The number of nitrogens with two attached hydrogens (primary N) is 2. The minimum Gasteiger partial charge on any atom is -0.316 e. The molecule has 0 fully saturated rings. The maximum Gasteiger partial charge on any atom is 0.0520 e. The lowest BCUT2D eigenvalue weighted by Crippen LogP contribution is -2.30. The quantitative estimate of drug-likeness (QED) is 0.727. The van der Waals surface area contributed by atoms with E-state index in [4.69, 9.17) is 11.5 Å². The van der Waals surface area contributed by atoms with E-state index in [9.17, 15) is 0 Å². The average Bonchev–Trinajstić information content (AvgIpc) is 2.05. The van der Waals surface area contributed by atoms with Crippen molar-refractivity contribution in [3.05, 3.63) is 35.9 Å². The van der Waals surface area contributed by atoms with Crippen LogP contribution in [0.3, 0.4) is 0 Å². The van der Waals surface area contributed by atoms with E-state index < -0.39 is 0 Å². The van der Waals surface area contributed by atoms with Crippen molar-refractivity contribution in [3.8, 4) is 0 Å². The molecule has 0 aliphatic carbocycles. The van der Waals surface area contributed by atoms with Crippen LogP contribution in [0.1, 0.15) is 18.4 Å². The van der Waals surface area contributed by atoms with Gasteiger partial charge in [-0.2, -0.15) is 0 Å². The van der Waals surface area contributed by atoms with E-state index in [0.29, 0.717) is 0 Å². The molecule has 0 amide bonds. The number of halogens is 1. The average molecular weight is 201 g/mol. The molecule has 0 unspecified atom stereocenters. The van der Waals surface area contributed by atoms with Crippen molar-refractivity contribution in [3.63, 3.8) is 0 Å². The van der Waals surface area contributed by atoms with Crippen LogP contribution < -0.4 is 11.5 Å². The van der Waals surface area contributed by atoms with Crippen molar-refractivity contribution in [1.29, 1.82) is 0 Å². The summed E-state index contributed by atoms with van der Waals surface area (Å²) in [6, 6.07) is 10.4. The molecule has 0 saturated heterocycles. The normalized spacial score (nSPS) is 9.77. The van der Waals surface area contributed by atoms with Gasteiger partial charge in [0.05, 0.1) is 6.17 Å². The monoisotopic (exact) mass is 200 g/mol. The van der Waals surface area contributed by atoms with Crippen LogP contribution in [-0.4, -0.2) is 6.17 Å². The van der Waals surface area contributed by atoms with Crippen molar-refractivity contribution < 1.29 is 0 Å². The highest BCUT2D eigenvalue weighted by atomic mass is 35.5. The summed E-state index contributed by atoms with van der Waals surface area (Å²) < 4.78 is 0. The standard InChI is InChI=1S/C10H16N2.ClH/c11-10(12)8-4-7-9-5-2-1-3-6-9;/h1-3,5-6,10H,4,7-8,11-12H2;1H. The fourth-order valence-electron chi connectivity index (χ4n) is 1.19. The highest BCUT2D eigenvalue weighted by molar-refractivity contribution is 5.85. The number of benzene rings is 1. The van der Waals surface area contributed by atoms with Gasteiger partial charge in [0.2, 0.25) is 0 Å². The fraction of sp³-hybridized carbons (Fsp3) is 0.400. The fourth-order valence-corrected chi connectivity index (χ4v) is 1.19. The van der Waals surface area contributed by atoms with E-state index in [1.54, 1.807) is 0 Å². The molecule has 1 aromatic carbocycles. The molecule has 13 heavy (non-hydrogen) atoms. The summed E-state index contributed by atoms with van der Waals surface area (Å²) in [6.07, 6.45) is 2.89. The summed E-state index contributed by atoms with van der Waals surface area (Å²) in [5.41, 5.74) is 12.2. The van der Waals surface area contributed by atoms with Gasteiger partial charge in [0.25, 0.3) is 0 Å². The van der Waals surface area contributed by atoms with Crippen LogP contribution in [0.25, 0.3) is 0 Å². The van der Waals surface area contributed by atoms with Crippen LogP contribution in [0.15, 0.2) is 30.3 Å². The number of rotatable bonds is 4. The Bertz CT molecular complexity index is 211. The van der Waals surface area contributed by atoms with Crippen molar-refractivity contribution in [2.24, 2.45) is 11.5 Å². The molecule has 74 valence electrons. The van der Waals surface area contributed by atoms with Crippen LogP contribution in [0.4, 0.5) is 0 Å². The van der Waals surface area contributed by atoms with Crippen molar-refractivity contribution in [1.82, 2.24) is 0 Å². The summed E-state index contributed by atoms with van der Waals surface area (Å²) in [4.78, 5) is 0. The van der Waals surface area contributed by atoms with Gasteiger partial charge in [0, 0.05) is 0 Å². The molecule has 0 bridgehead atoms. The van der Waals surface area contributed by atoms with E-state index in [1.165, 1.54) is 5.56 Å². The lowest BCUT2D eigenvalue weighted by atomic mass is 10.1. The Balaban J connectivity index is 0.00000144. The smallest absolute Gasteiger partial charge is 0.0520 e. The lowest BCUT2D eigenvalue weighted by molar-refractivity contribution is 0.603. The SMILES string of the molecule is Cl.NC(N)CCCc1ccccc1. The zero-order chi connectivity index (χ0) is 8.81. The van der Waals surface area contributed by atoms with Gasteiger partial charge in [0.1, 0.15) is 0 Å². The zero-order valence-electron chi connectivity index (χ0n) is 7.65. The van der Waals surface area contributed by atoms with Crippen molar-refractivity contribution >= 4 is 12.4 Å². The van der Waals surface area contributed by atoms with E-state index in [1.807, 2.05) is 6.07 Å². The maximum atomic E-state index is 5.43. The van der Waals surface area contributed by atoms with Crippen molar-refractivity contribution in [2.45, 2.75) is 25.4 Å². The minimum atomic E-state index is -0.159. The van der Waals surface area contributed by atoms with E-state index in [0.717, 1.165) is 19.3 Å². The Morgan fingerprint density at radius 3 is 2.23 bits per heavy atom. The first-order chi connectivity index (χ1) is 5.79. The third-order valence-corrected chi connectivity index (χ3v) is 1.85.